The molecular formula is C27H29F6N3O8S2. The van der Waals surface area contributed by atoms with Crippen LogP contribution in [0.2, 0.25) is 0 Å². The molecule has 1 aliphatic carbocycles. The van der Waals surface area contributed by atoms with E-state index < -0.39 is 84.3 Å². The quantitative estimate of drug-likeness (QED) is 0.340. The summed E-state index contributed by atoms with van der Waals surface area (Å²) in [6, 6.07) is 6.21. The van der Waals surface area contributed by atoms with E-state index in [0.29, 0.717) is 43.1 Å². The summed E-state index contributed by atoms with van der Waals surface area (Å²) in [5.41, 5.74) is -4.69. The normalized spacial score (nSPS) is 18.2. The lowest BCUT2D eigenvalue weighted by Gasteiger charge is -2.36. The molecule has 46 heavy (non-hydrogen) atoms. The third kappa shape index (κ3) is 7.79. The summed E-state index contributed by atoms with van der Waals surface area (Å²) in [6.45, 7) is 2.02. The van der Waals surface area contributed by atoms with Crippen molar-refractivity contribution in [3.05, 3.63) is 48.0 Å². The molecule has 11 nitrogen and oxygen atoms in total. The topological polar surface area (TPSA) is 148 Å². The van der Waals surface area contributed by atoms with Gasteiger partial charge in [0.25, 0.3) is 10.0 Å². The van der Waals surface area contributed by atoms with Crippen LogP contribution >= 0.6 is 0 Å². The summed E-state index contributed by atoms with van der Waals surface area (Å²) >= 11 is 0. The Balaban J connectivity index is 1.66. The van der Waals surface area contributed by atoms with Gasteiger partial charge in [0.15, 0.2) is 0 Å². The molecule has 2 aliphatic rings. The number of hydrogen-bond donors (Lipinski definition) is 2. The average molecular weight is 702 g/mol. The van der Waals surface area contributed by atoms with Crippen LogP contribution in [-0.2, 0) is 35.8 Å². The fraction of sp³-hybridized carbons (Fsp3) is 0.481. The van der Waals surface area contributed by atoms with Crippen LogP contribution in [0.15, 0.2) is 47.4 Å². The van der Waals surface area contributed by atoms with Gasteiger partial charge >= 0.3 is 18.4 Å². The predicted molar refractivity (Wildman–Crippen MR) is 151 cm³/mol. The van der Waals surface area contributed by atoms with Gasteiger partial charge in [0.2, 0.25) is 21.5 Å². The summed E-state index contributed by atoms with van der Waals surface area (Å²) in [7, 11) is -8.70. The van der Waals surface area contributed by atoms with E-state index in [1.54, 1.807) is 0 Å². The number of nitrogens with zero attached hydrogens (tertiary/aromatic N) is 1. The number of nitrogens with one attached hydrogen (secondary N) is 2. The first kappa shape index (κ1) is 35.1. The number of alkyl halides is 6. The first-order valence-corrected chi connectivity index (χ1v) is 16.6. The van der Waals surface area contributed by atoms with Crippen LogP contribution in [0.5, 0.6) is 5.75 Å². The number of ether oxygens (including phenoxy) is 2. The lowest BCUT2D eigenvalue weighted by Crippen LogP contribution is -2.46. The van der Waals surface area contributed by atoms with Gasteiger partial charge in [-0.2, -0.15) is 26.3 Å². The zero-order chi connectivity index (χ0) is 34.5. The van der Waals surface area contributed by atoms with Crippen LogP contribution in [0.25, 0.3) is 0 Å². The van der Waals surface area contributed by atoms with E-state index in [1.807, 2.05) is 4.72 Å². The minimum atomic E-state index is -4.92. The Hall–Kier alpha value is -3.74. The van der Waals surface area contributed by atoms with Gasteiger partial charge in [-0.3, -0.25) is 19.1 Å². The molecule has 0 aromatic heterocycles. The van der Waals surface area contributed by atoms with E-state index in [2.05, 4.69) is 10.1 Å². The van der Waals surface area contributed by atoms with Gasteiger partial charge in [-0.15, -0.1) is 0 Å². The maximum absolute atomic E-state index is 13.8. The highest BCUT2D eigenvalue weighted by molar-refractivity contribution is 7.92. The Morgan fingerprint density at radius 1 is 1.02 bits per heavy atom. The number of sulfonamides is 2. The molecule has 1 saturated carbocycles. The highest BCUT2D eigenvalue weighted by atomic mass is 32.2. The summed E-state index contributed by atoms with van der Waals surface area (Å²) in [5.74, 6) is -2.06. The van der Waals surface area contributed by atoms with E-state index in [0.717, 1.165) is 30.3 Å². The third-order valence-corrected chi connectivity index (χ3v) is 10.8. The molecule has 2 aromatic rings. The summed E-state index contributed by atoms with van der Waals surface area (Å²) in [4.78, 5) is 24.2. The summed E-state index contributed by atoms with van der Waals surface area (Å²) < 4.78 is 145. The fourth-order valence-electron chi connectivity index (χ4n) is 4.34. The van der Waals surface area contributed by atoms with Gasteiger partial charge < -0.3 is 9.47 Å². The standard InChI is InChI=1S/C27H29F6N3O8S2/c1-15(23(37)35-45(39,40)19-8-9-19)11-18-14-36(46(41,42)20-6-4-5-16(12-20)26(28,29)30)21-13-17(7-10-22(21)43-18)34-24(38)44-25(2,3)27(31,32)33/h4-7,10,12-13,15,18-19H,8-9,11,14H2,1-3H3,(H,34,38)(H,35,37)/t15?,18-/m0/s1. The Bertz CT molecular complexity index is 1730. The largest absolute Gasteiger partial charge is 0.486 e. The summed E-state index contributed by atoms with van der Waals surface area (Å²) in [5, 5.41) is 1.37. The molecular weight excluding hydrogens is 672 g/mol. The minimum absolute atomic E-state index is 0.167. The molecule has 2 aromatic carbocycles. The lowest BCUT2D eigenvalue weighted by atomic mass is 10.0. The molecule has 0 saturated heterocycles. The van der Waals surface area contributed by atoms with Gasteiger partial charge in [0.1, 0.15) is 11.9 Å². The number of carbonyl (C=O) groups is 2. The van der Waals surface area contributed by atoms with Crippen molar-refractivity contribution in [3.63, 3.8) is 0 Å². The smallest absolute Gasteiger partial charge is 0.427 e. The lowest BCUT2D eigenvalue weighted by molar-refractivity contribution is -0.242. The molecule has 0 radical (unpaired) electrons. The highest BCUT2D eigenvalue weighted by Crippen LogP contribution is 2.41. The minimum Gasteiger partial charge on any atom is -0.486 e. The molecule has 2 N–H and O–H groups in total. The van der Waals surface area contributed by atoms with Crippen molar-refractivity contribution in [1.29, 1.82) is 0 Å². The van der Waals surface area contributed by atoms with Gasteiger partial charge in [0.05, 0.1) is 27.9 Å². The van der Waals surface area contributed by atoms with Crippen LogP contribution < -0.4 is 19.1 Å². The first-order valence-electron chi connectivity index (χ1n) is 13.6. The molecule has 2 amide bonds. The van der Waals surface area contributed by atoms with Crippen LogP contribution in [0.4, 0.5) is 42.5 Å². The highest BCUT2D eigenvalue weighted by Gasteiger charge is 2.51. The molecule has 1 heterocycles. The maximum atomic E-state index is 13.8. The SMILES string of the molecule is CC(C[C@H]1CN(S(=O)(=O)c2cccc(C(F)(F)F)c2)c2cc(NC(=O)OC(C)(C)C(F)(F)F)ccc2O1)C(=O)NS(=O)(=O)C1CC1. The van der Waals surface area contributed by atoms with Crippen molar-refractivity contribution in [1.82, 2.24) is 4.72 Å². The number of fused-ring (bicyclic) bond motifs is 1. The monoisotopic (exact) mass is 701 g/mol. The zero-order valence-electron chi connectivity index (χ0n) is 24.4. The van der Waals surface area contributed by atoms with Gasteiger partial charge in [-0.05, 0) is 69.5 Å². The van der Waals surface area contributed by atoms with Crippen molar-refractivity contribution in [3.8, 4) is 5.75 Å². The number of halogens is 6. The number of hydrogen-bond acceptors (Lipinski definition) is 8. The molecule has 0 spiro atoms. The molecule has 19 heteroatoms. The van der Waals surface area contributed by atoms with Crippen molar-refractivity contribution in [2.45, 2.75) is 74.2 Å². The van der Waals surface area contributed by atoms with Crippen LogP contribution in [-0.4, -0.2) is 58.5 Å². The first-order chi connectivity index (χ1) is 21.0. The fourth-order valence-corrected chi connectivity index (χ4v) is 7.29. The molecule has 2 atom stereocenters. The summed E-state index contributed by atoms with van der Waals surface area (Å²) in [6.07, 6.45) is -11.9. The van der Waals surface area contributed by atoms with Crippen molar-refractivity contribution < 1.29 is 62.2 Å². The number of rotatable bonds is 9. The van der Waals surface area contributed by atoms with Gasteiger partial charge in [-0.25, -0.2) is 21.6 Å². The maximum Gasteiger partial charge on any atom is 0.427 e. The second-order valence-corrected chi connectivity index (χ2v) is 15.2. The molecule has 1 fully saturated rings. The van der Waals surface area contributed by atoms with Crippen molar-refractivity contribution >= 4 is 43.4 Å². The van der Waals surface area contributed by atoms with Crippen molar-refractivity contribution in [2.75, 3.05) is 16.2 Å². The van der Waals surface area contributed by atoms with Gasteiger partial charge in [0, 0.05) is 11.6 Å². The van der Waals surface area contributed by atoms with Crippen molar-refractivity contribution in [2.24, 2.45) is 5.92 Å². The second-order valence-electron chi connectivity index (χ2n) is 11.4. The Labute approximate surface area is 260 Å². The van der Waals surface area contributed by atoms with E-state index in [4.69, 9.17) is 4.74 Å². The molecule has 4 rings (SSSR count). The molecule has 254 valence electrons. The van der Waals surface area contributed by atoms with E-state index >= 15 is 0 Å². The Kier molecular flexibility index (Phi) is 9.26. The Morgan fingerprint density at radius 2 is 1.67 bits per heavy atom. The number of benzene rings is 2. The van der Waals surface area contributed by atoms with Crippen LogP contribution in [0.1, 0.15) is 45.6 Å². The van der Waals surface area contributed by atoms with E-state index in [-0.39, 0.29) is 23.5 Å². The second kappa shape index (κ2) is 12.1. The number of anilines is 2. The van der Waals surface area contributed by atoms with E-state index in [1.165, 1.54) is 6.92 Å². The van der Waals surface area contributed by atoms with E-state index in [9.17, 15) is 52.8 Å². The molecule has 1 aliphatic heterocycles. The average Bonchev–Trinajstić information content (AvgIpc) is 3.78. The van der Waals surface area contributed by atoms with Gasteiger partial charge in [-0.1, -0.05) is 13.0 Å². The van der Waals surface area contributed by atoms with Crippen LogP contribution in [0, 0.1) is 5.92 Å². The molecule has 0 bridgehead atoms. The number of carbonyl (C=O) groups excluding carboxylic acids is 2. The van der Waals surface area contributed by atoms with Crippen LogP contribution in [0.3, 0.4) is 0 Å². The zero-order valence-corrected chi connectivity index (χ0v) is 26.0. The number of amides is 2. The predicted octanol–water partition coefficient (Wildman–Crippen LogP) is 5.19. The Morgan fingerprint density at radius 3 is 2.26 bits per heavy atom. The third-order valence-electron chi connectivity index (χ3n) is 7.19. The molecule has 1 unspecified atom stereocenters.